The number of carbonyl (C=O) groups excluding carboxylic acids is 2. The number of esters is 2. The molecule has 42 heavy (non-hydrogen) atoms. The predicted molar refractivity (Wildman–Crippen MR) is 155 cm³/mol. The molecule has 2 unspecified atom stereocenters. The molecule has 0 bridgehead atoms. The van der Waals surface area contributed by atoms with E-state index >= 15 is 0 Å². The Labute approximate surface area is 251 Å². The third-order valence-corrected chi connectivity index (χ3v) is 8.49. The zero-order valence-electron chi connectivity index (χ0n) is 22.7. The molecule has 2 aromatic heterocycles. The van der Waals surface area contributed by atoms with Gasteiger partial charge in [-0.2, -0.15) is 5.10 Å². The molecule has 1 aromatic carbocycles. The maximum atomic E-state index is 14.6. The van der Waals surface area contributed by atoms with Gasteiger partial charge in [0, 0.05) is 34.4 Å². The number of hydrogen-bond acceptors (Lipinski definition) is 9. The Morgan fingerprint density at radius 2 is 2.07 bits per heavy atom. The molecule has 0 saturated heterocycles. The van der Waals surface area contributed by atoms with E-state index in [9.17, 15) is 18.4 Å². The first-order valence-electron chi connectivity index (χ1n) is 13.1. The van der Waals surface area contributed by atoms with Crippen LogP contribution in [0.15, 0.2) is 40.0 Å². The Morgan fingerprint density at radius 3 is 2.76 bits per heavy atom. The number of aliphatic imine (C=N–C) groups is 1. The average Bonchev–Trinajstić information content (AvgIpc) is 3.62. The van der Waals surface area contributed by atoms with Crippen LogP contribution in [0.4, 0.5) is 8.78 Å². The van der Waals surface area contributed by atoms with Crippen LogP contribution in [0.5, 0.6) is 0 Å². The Hall–Kier alpha value is -3.64. The van der Waals surface area contributed by atoms with E-state index in [2.05, 4.69) is 10.3 Å². The zero-order valence-corrected chi connectivity index (χ0v) is 24.2. The molecular weight excluding hydrogens is 588 g/mol. The maximum Gasteiger partial charge on any atom is 0.338 e. The minimum absolute atomic E-state index is 0. The highest BCUT2D eigenvalue weighted by molar-refractivity contribution is 7.11. The molecule has 0 spiro atoms. The van der Waals surface area contributed by atoms with Gasteiger partial charge in [-0.25, -0.2) is 18.6 Å². The van der Waals surface area contributed by atoms with Gasteiger partial charge in [-0.05, 0) is 44.7 Å². The molecule has 0 amide bonds. The summed E-state index contributed by atoms with van der Waals surface area (Å²) in [6.07, 6.45) is 3.66. The second-order valence-corrected chi connectivity index (χ2v) is 10.9. The quantitative estimate of drug-likeness (QED) is 0.262. The van der Waals surface area contributed by atoms with Gasteiger partial charge in [-0.3, -0.25) is 14.5 Å². The van der Waals surface area contributed by atoms with Crippen LogP contribution in [-0.4, -0.2) is 46.3 Å². The standard InChI is InChI=1S/C28H28ClF2N5O4S.CH4/c1-4-40-28(38)21-24(15-5-8-19-17(13-15)14(2)36(35-19)11-9-20(37)39-3)33-26(27-32-10-12-41-27)34-25(21)16-6-7-18(30)23(31)22(16)29;/h6-7,10,12,15,25H,4-5,8-9,11,13H2,1-3H3,(H,33,34);1H4. The number of allylic oxidation sites excluding steroid dienone is 1. The number of methoxy groups -OCH3 is 1. The number of nitrogens with zero attached hydrogens (tertiary/aromatic N) is 4. The largest absolute Gasteiger partial charge is 0.469 e. The molecule has 1 aliphatic heterocycles. The monoisotopic (exact) mass is 619 g/mol. The lowest BCUT2D eigenvalue weighted by atomic mass is 9.80. The van der Waals surface area contributed by atoms with E-state index in [0.717, 1.165) is 23.0 Å². The molecule has 224 valence electrons. The van der Waals surface area contributed by atoms with Crippen molar-refractivity contribution in [1.82, 2.24) is 20.1 Å². The van der Waals surface area contributed by atoms with Crippen LogP contribution in [0.1, 0.15) is 60.8 Å². The summed E-state index contributed by atoms with van der Waals surface area (Å²) in [6.45, 7) is 4.14. The van der Waals surface area contributed by atoms with Crippen LogP contribution >= 0.6 is 22.9 Å². The molecule has 0 fully saturated rings. The maximum absolute atomic E-state index is 14.6. The summed E-state index contributed by atoms with van der Waals surface area (Å²) in [5.41, 5.74) is 3.80. The first-order chi connectivity index (χ1) is 19.7. The number of ether oxygens (including phenoxy) is 2. The summed E-state index contributed by atoms with van der Waals surface area (Å²) in [5, 5.41) is 9.97. The molecule has 9 nitrogen and oxygen atoms in total. The summed E-state index contributed by atoms with van der Waals surface area (Å²) in [7, 11) is 1.35. The lowest BCUT2D eigenvalue weighted by molar-refractivity contribution is -0.141. The lowest BCUT2D eigenvalue weighted by Gasteiger charge is -2.33. The molecule has 3 aromatic rings. The van der Waals surface area contributed by atoms with Gasteiger partial charge in [0.25, 0.3) is 0 Å². The van der Waals surface area contributed by atoms with Gasteiger partial charge in [0.2, 0.25) is 0 Å². The predicted octanol–water partition coefficient (Wildman–Crippen LogP) is 5.49. The SMILES string of the molecule is C.CCOC(=O)C1=C(C2CCc3nn(CCC(=O)OC)c(C)c3C2)NC(c2nccs2)=NC1c1ccc(F)c(F)c1Cl. The van der Waals surface area contributed by atoms with Gasteiger partial charge >= 0.3 is 11.9 Å². The molecule has 1 N–H and O–H groups in total. The van der Waals surface area contributed by atoms with Crippen molar-refractivity contribution in [2.24, 2.45) is 10.9 Å². The van der Waals surface area contributed by atoms with E-state index in [-0.39, 0.29) is 43.5 Å². The summed E-state index contributed by atoms with van der Waals surface area (Å²) >= 11 is 7.65. The van der Waals surface area contributed by atoms with E-state index in [1.807, 2.05) is 11.6 Å². The van der Waals surface area contributed by atoms with Crippen LogP contribution in [0.2, 0.25) is 5.02 Å². The smallest absolute Gasteiger partial charge is 0.338 e. The molecule has 1 aliphatic carbocycles. The van der Waals surface area contributed by atoms with Crippen molar-refractivity contribution < 1.29 is 27.8 Å². The molecule has 2 atom stereocenters. The van der Waals surface area contributed by atoms with Crippen molar-refractivity contribution in [3.05, 3.63) is 79.2 Å². The molecule has 13 heteroatoms. The number of rotatable bonds is 8. The van der Waals surface area contributed by atoms with Gasteiger partial charge in [0.05, 0.1) is 43.0 Å². The Morgan fingerprint density at radius 1 is 1.29 bits per heavy atom. The van der Waals surface area contributed by atoms with Crippen LogP contribution in [-0.2, 0) is 38.4 Å². The first kappa shape index (κ1) is 31.3. The highest BCUT2D eigenvalue weighted by atomic mass is 35.5. The van der Waals surface area contributed by atoms with Crippen molar-refractivity contribution in [2.45, 2.75) is 59.5 Å². The van der Waals surface area contributed by atoms with Crippen molar-refractivity contribution in [1.29, 1.82) is 0 Å². The molecule has 2 aliphatic rings. The Balaban J connectivity index is 0.00000405. The van der Waals surface area contributed by atoms with Gasteiger partial charge in [0.1, 0.15) is 6.04 Å². The first-order valence-corrected chi connectivity index (χ1v) is 14.4. The van der Waals surface area contributed by atoms with Crippen molar-refractivity contribution in [3.8, 4) is 0 Å². The van der Waals surface area contributed by atoms with Gasteiger partial charge in [-0.15, -0.1) is 11.3 Å². The number of benzene rings is 1. The van der Waals surface area contributed by atoms with Crippen molar-refractivity contribution >= 4 is 40.7 Å². The number of nitrogens with one attached hydrogen (secondary N) is 1. The molecule has 5 rings (SSSR count). The fraction of sp³-hybridized carbons (Fsp3) is 0.414. The molecular formula is C29H32ClF2N5O4S. The minimum atomic E-state index is -1.21. The van der Waals surface area contributed by atoms with Crippen LogP contribution in [0.25, 0.3) is 0 Å². The van der Waals surface area contributed by atoms with Crippen molar-refractivity contribution in [3.63, 3.8) is 0 Å². The molecule has 3 heterocycles. The number of fused-ring (bicyclic) bond motifs is 1. The molecule has 0 radical (unpaired) electrons. The topological polar surface area (TPSA) is 108 Å². The summed E-state index contributed by atoms with van der Waals surface area (Å²) in [6, 6.07) is 1.25. The number of thiazole rings is 1. The average molecular weight is 620 g/mol. The van der Waals surface area contributed by atoms with E-state index in [4.69, 9.17) is 31.2 Å². The lowest BCUT2D eigenvalue weighted by Crippen LogP contribution is -2.38. The third-order valence-electron chi connectivity index (χ3n) is 7.32. The Kier molecular flexibility index (Phi) is 9.78. The van der Waals surface area contributed by atoms with Crippen LogP contribution in [0.3, 0.4) is 0 Å². The number of carbonyl (C=O) groups is 2. The van der Waals surface area contributed by atoms with Crippen LogP contribution < -0.4 is 5.32 Å². The summed E-state index contributed by atoms with van der Waals surface area (Å²) in [4.78, 5) is 34.3. The second-order valence-electron chi connectivity index (χ2n) is 9.65. The molecule has 0 saturated carbocycles. The Bertz CT molecular complexity index is 1550. The number of hydrogen-bond donors (Lipinski definition) is 1. The fourth-order valence-corrected chi connectivity index (χ4v) is 6.13. The van der Waals surface area contributed by atoms with Crippen LogP contribution in [0, 0.1) is 24.5 Å². The van der Waals surface area contributed by atoms with E-state index in [1.54, 1.807) is 18.5 Å². The minimum Gasteiger partial charge on any atom is -0.469 e. The third kappa shape index (κ3) is 5.96. The number of amidine groups is 1. The normalized spacial score (nSPS) is 18.0. The highest BCUT2D eigenvalue weighted by Gasteiger charge is 2.39. The number of aromatic nitrogens is 3. The highest BCUT2D eigenvalue weighted by Crippen LogP contribution is 2.42. The van der Waals surface area contributed by atoms with E-state index in [0.29, 0.717) is 42.3 Å². The number of aryl methyl sites for hydroxylation is 2. The summed E-state index contributed by atoms with van der Waals surface area (Å²) in [5.74, 6) is -3.05. The summed E-state index contributed by atoms with van der Waals surface area (Å²) < 4.78 is 40.7. The van der Waals surface area contributed by atoms with E-state index in [1.165, 1.54) is 24.5 Å². The van der Waals surface area contributed by atoms with Gasteiger partial charge in [-0.1, -0.05) is 25.1 Å². The fourth-order valence-electron chi connectivity index (χ4n) is 5.28. The van der Waals surface area contributed by atoms with Crippen molar-refractivity contribution in [2.75, 3.05) is 13.7 Å². The number of halogens is 3. The van der Waals surface area contributed by atoms with E-state index < -0.39 is 28.7 Å². The van der Waals surface area contributed by atoms with Gasteiger partial charge in [0.15, 0.2) is 22.5 Å². The zero-order chi connectivity index (χ0) is 29.3. The van der Waals surface area contributed by atoms with Gasteiger partial charge < -0.3 is 14.8 Å². The second kappa shape index (κ2) is 13.1.